The van der Waals surface area contributed by atoms with Gasteiger partial charge in [-0.25, -0.2) is 0 Å². The molecule has 0 unspecified atom stereocenters. The second-order valence-electron chi connectivity index (χ2n) is 5.37. The lowest BCUT2D eigenvalue weighted by molar-refractivity contribution is 0.0934. The number of rotatable bonds is 7. The fourth-order valence-corrected chi connectivity index (χ4v) is 1.93. The molecule has 4 heteroatoms. The molecule has 1 rings (SSSR count). The number of hydrogen-bond acceptors (Lipinski definition) is 2. The van der Waals surface area contributed by atoms with E-state index >= 15 is 0 Å². The average molecular weight is 284 g/mol. The van der Waals surface area contributed by atoms with Crippen molar-refractivity contribution < 1.29 is 9.53 Å². The molecule has 0 spiro atoms. The summed E-state index contributed by atoms with van der Waals surface area (Å²) in [5.74, 6) is 1.36. The summed E-state index contributed by atoms with van der Waals surface area (Å²) < 4.78 is 5.06. The number of carbonyl (C=O) groups excluding carboxylic acids is 1. The van der Waals surface area contributed by atoms with E-state index in [2.05, 4.69) is 19.2 Å². The molecular weight excluding hydrogens is 262 g/mol. The zero-order valence-electron chi connectivity index (χ0n) is 11.8. The summed E-state index contributed by atoms with van der Waals surface area (Å²) in [6.45, 7) is 4.91. The highest BCUT2D eigenvalue weighted by Gasteiger charge is 2.18. The van der Waals surface area contributed by atoms with E-state index in [1.54, 1.807) is 31.4 Å². The molecule has 1 aromatic carbocycles. The van der Waals surface area contributed by atoms with Gasteiger partial charge in [-0.1, -0.05) is 13.8 Å². The van der Waals surface area contributed by atoms with Gasteiger partial charge in [0, 0.05) is 18.0 Å². The lowest BCUT2D eigenvalue weighted by atomic mass is 9.88. The summed E-state index contributed by atoms with van der Waals surface area (Å²) in [6.07, 6.45) is 1.96. The van der Waals surface area contributed by atoms with E-state index in [9.17, 15) is 4.79 Å². The van der Waals surface area contributed by atoms with Crippen molar-refractivity contribution in [2.24, 2.45) is 5.41 Å². The Kier molecular flexibility index (Phi) is 6.16. The van der Waals surface area contributed by atoms with Crippen LogP contribution >= 0.6 is 11.6 Å². The second kappa shape index (κ2) is 7.39. The third-order valence-electron chi connectivity index (χ3n) is 3.07. The maximum absolute atomic E-state index is 12.0. The first-order chi connectivity index (χ1) is 8.98. The molecule has 0 radical (unpaired) electrons. The molecule has 0 aliphatic heterocycles. The van der Waals surface area contributed by atoms with Gasteiger partial charge in [0.15, 0.2) is 0 Å². The summed E-state index contributed by atoms with van der Waals surface area (Å²) >= 11 is 5.70. The van der Waals surface area contributed by atoms with Crippen molar-refractivity contribution in [2.75, 3.05) is 19.5 Å². The van der Waals surface area contributed by atoms with Crippen LogP contribution in [0.25, 0.3) is 0 Å². The number of alkyl halides is 1. The van der Waals surface area contributed by atoms with Crippen molar-refractivity contribution in [2.45, 2.75) is 26.7 Å². The topological polar surface area (TPSA) is 38.3 Å². The highest BCUT2D eigenvalue weighted by Crippen LogP contribution is 2.21. The minimum Gasteiger partial charge on any atom is -0.497 e. The molecule has 3 nitrogen and oxygen atoms in total. The van der Waals surface area contributed by atoms with Crippen LogP contribution in [0.1, 0.15) is 37.0 Å². The molecule has 1 aromatic rings. The van der Waals surface area contributed by atoms with E-state index in [1.807, 2.05) is 0 Å². The minimum atomic E-state index is -0.0541. The molecular formula is C15H22ClNO2. The van der Waals surface area contributed by atoms with E-state index < -0.39 is 0 Å². The van der Waals surface area contributed by atoms with Gasteiger partial charge in [-0.15, -0.1) is 11.6 Å². The molecule has 0 saturated carbocycles. The SMILES string of the molecule is COc1ccc(C(=O)NCC(C)(C)CCCCl)cc1. The molecule has 1 amide bonds. The lowest BCUT2D eigenvalue weighted by Gasteiger charge is -2.24. The predicted molar refractivity (Wildman–Crippen MR) is 79.1 cm³/mol. The normalized spacial score (nSPS) is 11.2. The number of ether oxygens (including phenoxy) is 1. The van der Waals surface area contributed by atoms with Crippen LogP contribution in [0.15, 0.2) is 24.3 Å². The van der Waals surface area contributed by atoms with Gasteiger partial charge in [-0.3, -0.25) is 4.79 Å². The molecule has 0 heterocycles. The van der Waals surface area contributed by atoms with Gasteiger partial charge in [-0.05, 0) is 42.5 Å². The summed E-state index contributed by atoms with van der Waals surface area (Å²) in [5.41, 5.74) is 0.714. The number of halogens is 1. The first-order valence-corrected chi connectivity index (χ1v) is 7.00. The van der Waals surface area contributed by atoms with Crippen molar-refractivity contribution >= 4 is 17.5 Å². The Hall–Kier alpha value is -1.22. The molecule has 106 valence electrons. The van der Waals surface area contributed by atoms with Crippen LogP contribution in [0.5, 0.6) is 5.75 Å². The molecule has 0 aliphatic carbocycles. The zero-order valence-corrected chi connectivity index (χ0v) is 12.6. The first-order valence-electron chi connectivity index (χ1n) is 6.47. The van der Waals surface area contributed by atoms with Crippen molar-refractivity contribution in [3.63, 3.8) is 0 Å². The number of nitrogens with one attached hydrogen (secondary N) is 1. The summed E-state index contributed by atoms with van der Waals surface area (Å²) in [4.78, 5) is 12.0. The van der Waals surface area contributed by atoms with Crippen molar-refractivity contribution in [3.8, 4) is 5.75 Å². The quantitative estimate of drug-likeness (QED) is 0.778. The average Bonchev–Trinajstić information content (AvgIpc) is 2.43. The molecule has 0 bridgehead atoms. The summed E-state index contributed by atoms with van der Waals surface area (Å²) in [7, 11) is 1.61. The second-order valence-corrected chi connectivity index (χ2v) is 5.75. The van der Waals surface area contributed by atoms with E-state index in [4.69, 9.17) is 16.3 Å². The summed E-state index contributed by atoms with van der Waals surface area (Å²) in [6, 6.07) is 7.10. The Morgan fingerprint density at radius 1 is 1.32 bits per heavy atom. The number of hydrogen-bond donors (Lipinski definition) is 1. The van der Waals surface area contributed by atoms with Crippen LogP contribution in [-0.2, 0) is 0 Å². The number of carbonyl (C=O) groups is 1. The monoisotopic (exact) mass is 283 g/mol. The molecule has 0 aliphatic rings. The Balaban J connectivity index is 2.50. The maximum atomic E-state index is 12.0. The number of benzene rings is 1. The largest absolute Gasteiger partial charge is 0.497 e. The zero-order chi connectivity index (χ0) is 14.3. The molecule has 0 fully saturated rings. The van der Waals surface area contributed by atoms with Gasteiger partial charge in [0.05, 0.1) is 7.11 Å². The molecule has 1 N–H and O–H groups in total. The molecule has 19 heavy (non-hydrogen) atoms. The minimum absolute atomic E-state index is 0.0541. The highest BCUT2D eigenvalue weighted by atomic mass is 35.5. The predicted octanol–water partition coefficient (Wildman–Crippen LogP) is 3.47. The van der Waals surface area contributed by atoms with Crippen LogP contribution in [0.3, 0.4) is 0 Å². The third-order valence-corrected chi connectivity index (χ3v) is 3.33. The molecule has 0 aromatic heterocycles. The van der Waals surface area contributed by atoms with Crippen molar-refractivity contribution in [1.82, 2.24) is 5.32 Å². The Morgan fingerprint density at radius 3 is 2.47 bits per heavy atom. The Labute approximate surface area is 120 Å². The number of methoxy groups -OCH3 is 1. The van der Waals surface area contributed by atoms with E-state index in [0.717, 1.165) is 18.6 Å². The smallest absolute Gasteiger partial charge is 0.251 e. The fraction of sp³-hybridized carbons (Fsp3) is 0.533. The van der Waals surface area contributed by atoms with Gasteiger partial charge in [0.2, 0.25) is 0 Å². The fourth-order valence-electron chi connectivity index (χ4n) is 1.80. The third kappa shape index (κ3) is 5.52. The van der Waals surface area contributed by atoms with E-state index in [1.165, 1.54) is 0 Å². The van der Waals surface area contributed by atoms with Crippen LogP contribution in [0, 0.1) is 5.41 Å². The standard InChI is InChI=1S/C15H22ClNO2/c1-15(2,9-4-10-16)11-17-14(18)12-5-7-13(19-3)8-6-12/h5-8H,4,9-11H2,1-3H3,(H,17,18). The van der Waals surface area contributed by atoms with Gasteiger partial charge in [0.1, 0.15) is 5.75 Å². The van der Waals surface area contributed by atoms with Gasteiger partial charge in [-0.2, -0.15) is 0 Å². The number of amides is 1. The summed E-state index contributed by atoms with van der Waals surface area (Å²) in [5, 5.41) is 2.96. The maximum Gasteiger partial charge on any atom is 0.251 e. The molecule has 0 atom stereocenters. The Morgan fingerprint density at radius 2 is 1.95 bits per heavy atom. The Bertz CT molecular complexity index is 401. The van der Waals surface area contributed by atoms with E-state index in [0.29, 0.717) is 18.0 Å². The van der Waals surface area contributed by atoms with Crippen LogP contribution in [0.4, 0.5) is 0 Å². The van der Waals surface area contributed by atoms with E-state index in [-0.39, 0.29) is 11.3 Å². The van der Waals surface area contributed by atoms with Crippen LogP contribution in [0.2, 0.25) is 0 Å². The lowest BCUT2D eigenvalue weighted by Crippen LogP contribution is -2.34. The molecule has 0 saturated heterocycles. The van der Waals surface area contributed by atoms with Gasteiger partial charge < -0.3 is 10.1 Å². The van der Waals surface area contributed by atoms with Gasteiger partial charge >= 0.3 is 0 Å². The first kappa shape index (κ1) is 15.8. The van der Waals surface area contributed by atoms with Crippen molar-refractivity contribution in [1.29, 1.82) is 0 Å². The van der Waals surface area contributed by atoms with Crippen LogP contribution < -0.4 is 10.1 Å². The van der Waals surface area contributed by atoms with Crippen molar-refractivity contribution in [3.05, 3.63) is 29.8 Å². The highest BCUT2D eigenvalue weighted by molar-refractivity contribution is 6.17. The van der Waals surface area contributed by atoms with Crippen LogP contribution in [-0.4, -0.2) is 25.4 Å². The van der Waals surface area contributed by atoms with Gasteiger partial charge in [0.25, 0.3) is 5.91 Å².